The number of rotatable bonds is 8. The van der Waals surface area contributed by atoms with E-state index in [1.165, 1.54) is 0 Å². The fraction of sp³-hybridized carbons (Fsp3) is 0.882. The van der Waals surface area contributed by atoms with Crippen LogP contribution in [0, 0.1) is 23.7 Å². The highest BCUT2D eigenvalue weighted by molar-refractivity contribution is 5.75. The van der Waals surface area contributed by atoms with E-state index in [0.717, 1.165) is 37.7 Å². The lowest BCUT2D eigenvalue weighted by Gasteiger charge is -2.33. The van der Waals surface area contributed by atoms with Crippen LogP contribution in [-0.4, -0.2) is 137 Å². The van der Waals surface area contributed by atoms with Gasteiger partial charge >= 0.3 is 5.97 Å². The van der Waals surface area contributed by atoms with Gasteiger partial charge in [-0.2, -0.15) is 0 Å². The van der Waals surface area contributed by atoms with Crippen molar-refractivity contribution in [1.82, 2.24) is 0 Å². The maximum Gasteiger partial charge on any atom is 0.311 e. The van der Waals surface area contributed by atoms with Crippen molar-refractivity contribution in [3.8, 4) is 0 Å². The molecule has 0 aromatic carbocycles. The Kier molecular flexibility index (Phi) is 32.8. The molecule has 15 atom stereocenters. The highest BCUT2D eigenvalue weighted by atomic mass is 16.5. The monoisotopic (exact) mass is 944 g/mol. The lowest BCUT2D eigenvalue weighted by Crippen LogP contribution is -2.41. The van der Waals surface area contributed by atoms with Gasteiger partial charge in [0.1, 0.15) is 6.10 Å². The molecule has 66 heavy (non-hydrogen) atoms. The summed E-state index contributed by atoms with van der Waals surface area (Å²) >= 11 is 0. The molecule has 15 nitrogen and oxygen atoms in total. The lowest BCUT2D eigenvalue weighted by molar-refractivity contribution is -0.165. The third-order valence-electron chi connectivity index (χ3n) is 13.7. The Labute approximate surface area is 397 Å². The molecular weight excluding hydrogens is 847 g/mol. The zero-order valence-electron chi connectivity index (χ0n) is 41.7. The number of allylic oxidation sites excluding steroid dienone is 1. The van der Waals surface area contributed by atoms with Gasteiger partial charge in [-0.3, -0.25) is 9.79 Å². The fourth-order valence-electron chi connectivity index (χ4n) is 9.21. The molecule has 0 spiro atoms. The normalized spacial score (nSPS) is 37.2. The topological polar surface area (TPSA) is 293 Å². The van der Waals surface area contributed by atoms with Crippen LogP contribution in [0.15, 0.2) is 28.3 Å². The molecule has 1 heterocycles. The van der Waals surface area contributed by atoms with Crippen molar-refractivity contribution in [2.45, 2.75) is 256 Å². The van der Waals surface area contributed by atoms with Crippen molar-refractivity contribution in [1.29, 1.82) is 0 Å². The zero-order valence-corrected chi connectivity index (χ0v) is 41.7. The minimum absolute atomic E-state index is 0.0134. The van der Waals surface area contributed by atoms with E-state index < -0.39 is 84.9 Å². The number of ether oxygens (including phenoxy) is 1. The summed E-state index contributed by atoms with van der Waals surface area (Å²) in [5.74, 6) is -2.41. The molecule has 0 fully saturated rings. The van der Waals surface area contributed by atoms with Gasteiger partial charge in [0.2, 0.25) is 0 Å². The van der Waals surface area contributed by atoms with E-state index in [1.807, 2.05) is 33.8 Å². The largest absolute Gasteiger partial charge is 0.462 e. The van der Waals surface area contributed by atoms with Crippen LogP contribution in [-0.2, 0) is 9.53 Å². The number of aliphatic hydroxyl groups excluding tert-OH is 10. The van der Waals surface area contributed by atoms with Crippen LogP contribution >= 0.6 is 0 Å². The molecule has 0 saturated heterocycles. The zero-order chi connectivity index (χ0) is 49.8. The molecule has 0 amide bonds. The van der Waals surface area contributed by atoms with Gasteiger partial charge in [0.05, 0.1) is 67.0 Å². The standard InChI is InChI=1S/C51H97N3O12/c1-7-8-9-20-45-49(64)35(4)24-25-39(56)18-12-17-38(55)19-13-21-46(62)34(3)23-26-41(58)30-43(60)32-44(61)31-42(59)29-40(57)16-11-10-15-33(2)28-36(5)48(63)37(6)47(66-50(45)65)22-14-27-54-51(52)53/h23,28,35-49,55-64H,7-22,24-27,29-32H2,1-6H3,(H4,52,53,54)/b33-28+,34-23+. The van der Waals surface area contributed by atoms with Crippen LogP contribution in [0.1, 0.15) is 189 Å². The number of guanidine groups is 1. The van der Waals surface area contributed by atoms with Crippen molar-refractivity contribution >= 4 is 11.9 Å². The second-order valence-electron chi connectivity index (χ2n) is 20.1. The minimum Gasteiger partial charge on any atom is -0.462 e. The number of nitrogens with zero attached hydrogens (tertiary/aromatic N) is 1. The Hall–Kier alpha value is -2.18. The van der Waals surface area contributed by atoms with Crippen LogP contribution in [0.2, 0.25) is 0 Å². The SMILES string of the molecule is CCCCCC1C(=O)OC(CCCN=C(N)N)C(C)C(O)C(C)/C=C(\C)CCCCC(O)CC(O)CC(O)CC(O)CC(O)C/C=C(\C)C(O)CCCC(O)CCCC(O)CCC(C)C1O. The Morgan fingerprint density at radius 2 is 1.21 bits per heavy atom. The highest BCUT2D eigenvalue weighted by Gasteiger charge is 2.36. The first-order chi connectivity index (χ1) is 31.1. The summed E-state index contributed by atoms with van der Waals surface area (Å²) in [5, 5.41) is 108. The molecule has 1 aliphatic rings. The van der Waals surface area contributed by atoms with E-state index in [9.17, 15) is 55.9 Å². The summed E-state index contributed by atoms with van der Waals surface area (Å²) in [7, 11) is 0. The number of nitrogens with two attached hydrogens (primary N) is 2. The van der Waals surface area contributed by atoms with Crippen molar-refractivity contribution in [2.24, 2.45) is 40.1 Å². The van der Waals surface area contributed by atoms with E-state index in [2.05, 4.69) is 11.9 Å². The number of cyclic esters (lactones) is 1. The number of hydrogen-bond acceptors (Lipinski definition) is 13. The van der Waals surface area contributed by atoms with E-state index in [0.29, 0.717) is 95.6 Å². The number of esters is 1. The molecular formula is C51H97N3O12. The average Bonchev–Trinajstić information content (AvgIpc) is 3.24. The molecule has 0 bridgehead atoms. The second kappa shape index (κ2) is 35.0. The predicted molar refractivity (Wildman–Crippen MR) is 261 cm³/mol. The summed E-state index contributed by atoms with van der Waals surface area (Å²) in [5.41, 5.74) is 12.9. The first-order valence-corrected chi connectivity index (χ1v) is 25.5. The third-order valence-corrected chi connectivity index (χ3v) is 13.7. The van der Waals surface area contributed by atoms with E-state index in [1.54, 1.807) is 13.0 Å². The summed E-state index contributed by atoms with van der Waals surface area (Å²) in [6.07, 6.45) is 5.25. The molecule has 1 aliphatic heterocycles. The third kappa shape index (κ3) is 27.7. The Bertz CT molecular complexity index is 1360. The number of aliphatic hydroxyl groups is 10. The summed E-state index contributed by atoms with van der Waals surface area (Å²) in [4.78, 5) is 18.2. The predicted octanol–water partition coefficient (Wildman–Crippen LogP) is 5.20. The van der Waals surface area contributed by atoms with Crippen LogP contribution in [0.25, 0.3) is 0 Å². The molecule has 388 valence electrons. The van der Waals surface area contributed by atoms with Gasteiger partial charge in [-0.25, -0.2) is 0 Å². The van der Waals surface area contributed by atoms with Gasteiger partial charge in [0, 0.05) is 18.4 Å². The molecule has 0 aromatic heterocycles. The first kappa shape index (κ1) is 61.8. The minimum atomic E-state index is -1.02. The van der Waals surface area contributed by atoms with Crippen LogP contribution in [0.3, 0.4) is 0 Å². The van der Waals surface area contributed by atoms with Gasteiger partial charge in [0.25, 0.3) is 0 Å². The number of carbonyl (C=O) groups excluding carboxylic acids is 1. The van der Waals surface area contributed by atoms with Crippen LogP contribution in [0.5, 0.6) is 0 Å². The molecule has 0 radical (unpaired) electrons. The van der Waals surface area contributed by atoms with Gasteiger partial charge in [-0.05, 0) is 147 Å². The molecule has 1 rings (SSSR count). The van der Waals surface area contributed by atoms with Crippen molar-refractivity contribution in [3.05, 3.63) is 23.3 Å². The number of carbonyl (C=O) groups is 1. The molecule has 0 saturated carbocycles. The van der Waals surface area contributed by atoms with Gasteiger partial charge < -0.3 is 67.3 Å². The van der Waals surface area contributed by atoms with Crippen molar-refractivity contribution in [2.75, 3.05) is 6.54 Å². The van der Waals surface area contributed by atoms with Crippen molar-refractivity contribution < 1.29 is 60.6 Å². The van der Waals surface area contributed by atoms with Crippen LogP contribution in [0.4, 0.5) is 0 Å². The Balaban J connectivity index is 3.22. The molecule has 15 unspecified atom stereocenters. The van der Waals surface area contributed by atoms with Gasteiger partial charge in [-0.15, -0.1) is 0 Å². The van der Waals surface area contributed by atoms with E-state index >= 15 is 0 Å². The van der Waals surface area contributed by atoms with E-state index in [-0.39, 0.29) is 49.9 Å². The maximum atomic E-state index is 14.1. The molecule has 0 aromatic rings. The quantitative estimate of drug-likeness (QED) is 0.0490. The van der Waals surface area contributed by atoms with E-state index in [4.69, 9.17) is 16.2 Å². The summed E-state index contributed by atoms with van der Waals surface area (Å²) in [6.45, 7) is 11.8. The van der Waals surface area contributed by atoms with Crippen LogP contribution < -0.4 is 11.5 Å². The highest BCUT2D eigenvalue weighted by Crippen LogP contribution is 2.30. The molecule has 14 N–H and O–H groups in total. The van der Waals surface area contributed by atoms with Gasteiger partial charge in [0.15, 0.2) is 5.96 Å². The average molecular weight is 944 g/mol. The summed E-state index contributed by atoms with van der Waals surface area (Å²) < 4.78 is 6.24. The smallest absolute Gasteiger partial charge is 0.311 e. The number of hydrogen-bond donors (Lipinski definition) is 12. The Morgan fingerprint density at radius 1 is 0.652 bits per heavy atom. The number of aliphatic imine (C=N–C) groups is 1. The molecule has 15 heteroatoms. The Morgan fingerprint density at radius 3 is 1.82 bits per heavy atom. The maximum absolute atomic E-state index is 14.1. The number of unbranched alkanes of at least 4 members (excludes halogenated alkanes) is 2. The molecule has 0 aliphatic carbocycles. The van der Waals surface area contributed by atoms with Gasteiger partial charge in [-0.1, -0.05) is 71.1 Å². The second-order valence-corrected chi connectivity index (χ2v) is 20.1. The lowest BCUT2D eigenvalue weighted by atomic mass is 9.84. The summed E-state index contributed by atoms with van der Waals surface area (Å²) in [6, 6.07) is 0. The fourth-order valence-corrected chi connectivity index (χ4v) is 9.21. The first-order valence-electron chi connectivity index (χ1n) is 25.5. The van der Waals surface area contributed by atoms with Crippen molar-refractivity contribution in [3.63, 3.8) is 0 Å².